The minimum Gasteiger partial charge on any atom is -0.484 e. The van der Waals surface area contributed by atoms with Crippen LogP contribution in [0, 0.1) is 0 Å². The number of nitrogens with one attached hydrogen (secondary N) is 1. The Bertz CT molecular complexity index is 1080. The van der Waals surface area contributed by atoms with Crippen LogP contribution in [0.3, 0.4) is 0 Å². The van der Waals surface area contributed by atoms with Crippen LogP contribution in [0.5, 0.6) is 5.75 Å². The molecule has 2 amide bonds. The molecule has 0 aliphatic heterocycles. The van der Waals surface area contributed by atoms with Crippen molar-refractivity contribution in [3.05, 3.63) is 102 Å². The number of hydrogen-bond acceptors (Lipinski definition) is 3. The Morgan fingerprint density at radius 3 is 1.97 bits per heavy atom. The second kappa shape index (κ2) is 13.5. The van der Waals surface area contributed by atoms with Crippen molar-refractivity contribution in [2.75, 3.05) is 6.61 Å². The molecule has 1 N–H and O–H groups in total. The van der Waals surface area contributed by atoms with Crippen LogP contribution in [0.2, 0.25) is 0 Å². The van der Waals surface area contributed by atoms with Crippen LogP contribution in [-0.4, -0.2) is 35.4 Å². The molecule has 3 aromatic carbocycles. The predicted octanol–water partition coefficient (Wildman–Crippen LogP) is 5.74. The Kier molecular flexibility index (Phi) is 10.1. The van der Waals surface area contributed by atoms with Gasteiger partial charge in [-0.15, -0.1) is 0 Å². The summed E-state index contributed by atoms with van der Waals surface area (Å²) in [5, 5.41) is 3.09. The maximum absolute atomic E-state index is 13.6. The van der Waals surface area contributed by atoms with Crippen LogP contribution in [0.4, 0.5) is 0 Å². The standard InChI is InChI=1S/C31H38N2O3/c1-5-24(4)32-31(35)29(20-25-12-8-6-9-13-25)33(21-26-14-10-7-11-15-26)30(34)22-36-28-18-16-27(17-19-28)23(2)3/h6-19,23-24,29H,5,20-22H2,1-4H3,(H,32,35)/t24-,29-/m0/s1. The van der Waals surface area contributed by atoms with Crippen molar-refractivity contribution >= 4 is 11.8 Å². The summed E-state index contributed by atoms with van der Waals surface area (Å²) in [5.41, 5.74) is 3.17. The molecular formula is C31H38N2O3. The molecule has 0 unspecified atom stereocenters. The molecule has 0 aliphatic rings. The van der Waals surface area contributed by atoms with Crippen LogP contribution in [0.1, 0.15) is 56.7 Å². The molecule has 0 aliphatic carbocycles. The minimum atomic E-state index is -0.666. The summed E-state index contributed by atoms with van der Waals surface area (Å²) in [5.74, 6) is 0.673. The lowest BCUT2D eigenvalue weighted by atomic mass is 10.0. The number of carbonyl (C=O) groups is 2. The van der Waals surface area contributed by atoms with Gasteiger partial charge in [0.25, 0.3) is 5.91 Å². The fourth-order valence-electron chi connectivity index (χ4n) is 3.95. The molecule has 36 heavy (non-hydrogen) atoms. The third-order valence-electron chi connectivity index (χ3n) is 6.38. The Hall–Kier alpha value is -3.60. The summed E-state index contributed by atoms with van der Waals surface area (Å²) >= 11 is 0. The molecule has 0 aromatic heterocycles. The number of carbonyl (C=O) groups excluding carboxylic acids is 2. The predicted molar refractivity (Wildman–Crippen MR) is 145 cm³/mol. The van der Waals surface area contributed by atoms with Gasteiger partial charge in [-0.3, -0.25) is 9.59 Å². The van der Waals surface area contributed by atoms with Crippen LogP contribution in [0.15, 0.2) is 84.9 Å². The summed E-state index contributed by atoms with van der Waals surface area (Å²) in [6.07, 6.45) is 1.23. The van der Waals surface area contributed by atoms with E-state index in [2.05, 4.69) is 19.2 Å². The van der Waals surface area contributed by atoms with Gasteiger partial charge < -0.3 is 15.0 Å². The fraction of sp³-hybridized carbons (Fsp3) is 0.355. The molecule has 0 saturated heterocycles. The van der Waals surface area contributed by atoms with Gasteiger partial charge in [-0.2, -0.15) is 0 Å². The summed E-state index contributed by atoms with van der Waals surface area (Å²) in [6.45, 7) is 8.46. The van der Waals surface area contributed by atoms with Crippen molar-refractivity contribution in [1.29, 1.82) is 0 Å². The quantitative estimate of drug-likeness (QED) is 0.355. The van der Waals surface area contributed by atoms with E-state index < -0.39 is 6.04 Å². The smallest absolute Gasteiger partial charge is 0.261 e. The van der Waals surface area contributed by atoms with Crippen molar-refractivity contribution < 1.29 is 14.3 Å². The van der Waals surface area contributed by atoms with Crippen molar-refractivity contribution in [3.63, 3.8) is 0 Å². The van der Waals surface area contributed by atoms with E-state index in [-0.39, 0.29) is 24.5 Å². The maximum Gasteiger partial charge on any atom is 0.261 e. The second-order valence-corrected chi connectivity index (χ2v) is 9.54. The Morgan fingerprint density at radius 1 is 0.833 bits per heavy atom. The molecule has 0 spiro atoms. The number of nitrogens with zero attached hydrogens (tertiary/aromatic N) is 1. The molecule has 0 saturated carbocycles. The first-order valence-corrected chi connectivity index (χ1v) is 12.8. The SMILES string of the molecule is CC[C@H](C)NC(=O)[C@H](Cc1ccccc1)N(Cc1ccccc1)C(=O)COc1ccc(C(C)C)cc1. The number of ether oxygens (including phenoxy) is 1. The van der Waals surface area contributed by atoms with Gasteiger partial charge in [0.2, 0.25) is 5.91 Å². The number of amides is 2. The van der Waals surface area contributed by atoms with Crippen LogP contribution >= 0.6 is 0 Å². The summed E-state index contributed by atoms with van der Waals surface area (Å²) < 4.78 is 5.88. The van der Waals surface area contributed by atoms with Gasteiger partial charge >= 0.3 is 0 Å². The van der Waals surface area contributed by atoms with E-state index in [0.29, 0.717) is 24.6 Å². The lowest BCUT2D eigenvalue weighted by Gasteiger charge is -2.32. The first kappa shape index (κ1) is 27.0. The molecule has 0 radical (unpaired) electrons. The van der Waals surface area contributed by atoms with E-state index in [1.54, 1.807) is 4.90 Å². The molecule has 3 aromatic rings. The highest BCUT2D eigenvalue weighted by atomic mass is 16.5. The molecule has 190 valence electrons. The number of rotatable bonds is 12. The monoisotopic (exact) mass is 486 g/mol. The third kappa shape index (κ3) is 7.98. The van der Waals surface area contributed by atoms with E-state index in [4.69, 9.17) is 4.74 Å². The molecular weight excluding hydrogens is 448 g/mol. The molecule has 5 heteroatoms. The van der Waals surface area contributed by atoms with Gasteiger partial charge in [-0.1, -0.05) is 93.6 Å². The average Bonchev–Trinajstić information content (AvgIpc) is 2.90. The Morgan fingerprint density at radius 2 is 1.42 bits per heavy atom. The molecule has 3 rings (SSSR count). The zero-order chi connectivity index (χ0) is 25.9. The van der Waals surface area contributed by atoms with Crippen LogP contribution < -0.4 is 10.1 Å². The lowest BCUT2D eigenvalue weighted by Crippen LogP contribution is -2.53. The zero-order valence-corrected chi connectivity index (χ0v) is 21.8. The van der Waals surface area contributed by atoms with Gasteiger partial charge in [0, 0.05) is 19.0 Å². The van der Waals surface area contributed by atoms with Crippen molar-refractivity contribution in [1.82, 2.24) is 10.2 Å². The van der Waals surface area contributed by atoms with E-state index in [1.807, 2.05) is 98.8 Å². The van der Waals surface area contributed by atoms with Crippen molar-refractivity contribution in [2.45, 2.75) is 65.1 Å². The van der Waals surface area contributed by atoms with Gasteiger partial charge in [0.15, 0.2) is 6.61 Å². The summed E-state index contributed by atoms with van der Waals surface area (Å²) in [6, 6.07) is 26.8. The normalized spacial score (nSPS) is 12.6. The van der Waals surface area contributed by atoms with Gasteiger partial charge in [-0.05, 0) is 48.1 Å². The van der Waals surface area contributed by atoms with E-state index in [9.17, 15) is 9.59 Å². The summed E-state index contributed by atoms with van der Waals surface area (Å²) in [4.78, 5) is 28.7. The highest BCUT2D eigenvalue weighted by molar-refractivity contribution is 5.88. The molecule has 0 heterocycles. The third-order valence-corrected chi connectivity index (χ3v) is 6.38. The van der Waals surface area contributed by atoms with Crippen LogP contribution in [-0.2, 0) is 22.6 Å². The maximum atomic E-state index is 13.6. The first-order chi connectivity index (χ1) is 17.4. The molecule has 2 atom stereocenters. The fourth-order valence-corrected chi connectivity index (χ4v) is 3.95. The number of benzene rings is 3. The van der Waals surface area contributed by atoms with Crippen molar-refractivity contribution in [3.8, 4) is 5.75 Å². The molecule has 0 fully saturated rings. The van der Waals surface area contributed by atoms with E-state index in [0.717, 1.165) is 17.5 Å². The van der Waals surface area contributed by atoms with Crippen LogP contribution in [0.25, 0.3) is 0 Å². The van der Waals surface area contributed by atoms with E-state index >= 15 is 0 Å². The zero-order valence-electron chi connectivity index (χ0n) is 21.8. The molecule has 5 nitrogen and oxygen atoms in total. The highest BCUT2D eigenvalue weighted by Crippen LogP contribution is 2.20. The van der Waals surface area contributed by atoms with Crippen molar-refractivity contribution in [2.24, 2.45) is 0 Å². The molecule has 0 bridgehead atoms. The van der Waals surface area contributed by atoms with Gasteiger partial charge in [0.1, 0.15) is 11.8 Å². The first-order valence-electron chi connectivity index (χ1n) is 12.8. The summed E-state index contributed by atoms with van der Waals surface area (Å²) in [7, 11) is 0. The second-order valence-electron chi connectivity index (χ2n) is 9.54. The van der Waals surface area contributed by atoms with Gasteiger partial charge in [-0.25, -0.2) is 0 Å². The largest absolute Gasteiger partial charge is 0.484 e. The highest BCUT2D eigenvalue weighted by Gasteiger charge is 2.31. The topological polar surface area (TPSA) is 58.6 Å². The minimum absolute atomic E-state index is 0.0140. The number of hydrogen-bond donors (Lipinski definition) is 1. The van der Waals surface area contributed by atoms with Gasteiger partial charge in [0.05, 0.1) is 0 Å². The Labute approximate surface area is 215 Å². The van der Waals surface area contributed by atoms with E-state index in [1.165, 1.54) is 5.56 Å². The Balaban J connectivity index is 1.86. The lowest BCUT2D eigenvalue weighted by molar-refractivity contribution is -0.143. The average molecular weight is 487 g/mol.